The fraction of sp³-hybridized carbons (Fsp3) is 0.400. The molecule has 3 atom stereocenters. The summed E-state index contributed by atoms with van der Waals surface area (Å²) in [5, 5.41) is 10.7. The molecule has 2 aromatic carbocycles. The minimum atomic E-state index is -0.909. The number of fused-ring (bicyclic) bond motifs is 2. The van der Waals surface area contributed by atoms with Gasteiger partial charge in [-0.2, -0.15) is 0 Å². The van der Waals surface area contributed by atoms with Crippen molar-refractivity contribution in [1.29, 1.82) is 0 Å². The number of hydrogen-bond donors (Lipinski definition) is 1. The molecule has 5 rings (SSSR count). The highest BCUT2D eigenvalue weighted by Gasteiger charge is 2.42. The van der Waals surface area contributed by atoms with E-state index in [1.807, 2.05) is 35.9 Å². The minimum absolute atomic E-state index is 0.0962. The second kappa shape index (κ2) is 7.46. The number of benzene rings is 2. The summed E-state index contributed by atoms with van der Waals surface area (Å²) in [5.41, 5.74) is 4.26. The first kappa shape index (κ1) is 20.2. The van der Waals surface area contributed by atoms with E-state index >= 15 is 0 Å². The van der Waals surface area contributed by atoms with Crippen LogP contribution in [0.4, 0.5) is 4.39 Å². The highest BCUT2D eigenvalue weighted by Crippen LogP contribution is 2.44. The van der Waals surface area contributed by atoms with E-state index in [2.05, 4.69) is 30.1 Å². The van der Waals surface area contributed by atoms with Crippen LogP contribution in [0.3, 0.4) is 0 Å². The number of rotatable bonds is 4. The first-order valence-corrected chi connectivity index (χ1v) is 10.9. The van der Waals surface area contributed by atoms with Gasteiger partial charge in [0.1, 0.15) is 5.82 Å². The third kappa shape index (κ3) is 3.17. The van der Waals surface area contributed by atoms with E-state index in [0.29, 0.717) is 5.56 Å². The van der Waals surface area contributed by atoms with Crippen LogP contribution in [0.25, 0.3) is 10.9 Å². The Morgan fingerprint density at radius 2 is 1.94 bits per heavy atom. The van der Waals surface area contributed by atoms with Crippen LogP contribution in [0.2, 0.25) is 0 Å². The van der Waals surface area contributed by atoms with Crippen molar-refractivity contribution < 1.29 is 14.3 Å². The van der Waals surface area contributed by atoms with Crippen LogP contribution in [-0.2, 0) is 13.5 Å². The Labute approximate surface area is 181 Å². The average Bonchev–Trinajstić information content (AvgIpc) is 3.43. The molecule has 1 unspecified atom stereocenters. The van der Waals surface area contributed by atoms with Crippen molar-refractivity contribution in [3.05, 3.63) is 70.7 Å². The largest absolute Gasteiger partial charge is 0.478 e. The molecule has 0 bridgehead atoms. The van der Waals surface area contributed by atoms with Crippen molar-refractivity contribution in [2.45, 2.75) is 30.8 Å². The average molecular weight is 422 g/mol. The third-order valence-corrected chi connectivity index (χ3v) is 7.25. The van der Waals surface area contributed by atoms with Crippen molar-refractivity contribution in [1.82, 2.24) is 14.4 Å². The van der Waals surface area contributed by atoms with Crippen LogP contribution in [-0.4, -0.2) is 58.7 Å². The second-order valence-electron chi connectivity index (χ2n) is 9.16. The lowest BCUT2D eigenvalue weighted by Crippen LogP contribution is -2.35. The number of carbonyl (C=O) groups is 1. The Hall–Kier alpha value is -2.70. The van der Waals surface area contributed by atoms with E-state index in [-0.39, 0.29) is 23.8 Å². The Bertz CT molecular complexity index is 1170. The van der Waals surface area contributed by atoms with Crippen molar-refractivity contribution in [3.8, 4) is 0 Å². The summed E-state index contributed by atoms with van der Waals surface area (Å²) in [6.07, 6.45) is 3.95. The summed E-state index contributed by atoms with van der Waals surface area (Å²) < 4.78 is 16.6. The van der Waals surface area contributed by atoms with Gasteiger partial charge < -0.3 is 14.6 Å². The Morgan fingerprint density at radius 3 is 2.68 bits per heavy atom. The van der Waals surface area contributed by atoms with E-state index in [1.54, 1.807) is 12.1 Å². The highest BCUT2D eigenvalue weighted by atomic mass is 19.1. The van der Waals surface area contributed by atoms with Crippen LogP contribution in [0.5, 0.6) is 0 Å². The lowest BCUT2D eigenvalue weighted by Gasteiger charge is -2.26. The molecule has 2 aliphatic rings. The SMILES string of the molecule is CN(C)[C@@H]1CN(C2CCc3cccc(F)c32)C[C@H]1c1cn(C)c2c(C(=O)O)cccc12. The van der Waals surface area contributed by atoms with Crippen LogP contribution >= 0.6 is 0 Å². The highest BCUT2D eigenvalue weighted by molar-refractivity contribution is 6.03. The summed E-state index contributed by atoms with van der Waals surface area (Å²) in [6.45, 7) is 1.70. The summed E-state index contributed by atoms with van der Waals surface area (Å²) in [7, 11) is 6.11. The van der Waals surface area contributed by atoms with Gasteiger partial charge in [-0.1, -0.05) is 24.3 Å². The number of aromatic nitrogens is 1. The van der Waals surface area contributed by atoms with Gasteiger partial charge in [-0.15, -0.1) is 0 Å². The van der Waals surface area contributed by atoms with Gasteiger partial charge in [0.2, 0.25) is 0 Å². The zero-order valence-electron chi connectivity index (χ0n) is 18.2. The lowest BCUT2D eigenvalue weighted by molar-refractivity contribution is 0.0698. The maximum absolute atomic E-state index is 14.7. The van der Waals surface area contributed by atoms with Gasteiger partial charge in [0.25, 0.3) is 0 Å². The molecule has 1 aliphatic heterocycles. The summed E-state index contributed by atoms with van der Waals surface area (Å²) in [4.78, 5) is 16.5. The molecule has 2 heterocycles. The van der Waals surface area contributed by atoms with E-state index in [1.165, 1.54) is 5.56 Å². The molecule has 162 valence electrons. The van der Waals surface area contributed by atoms with E-state index in [0.717, 1.165) is 48.0 Å². The molecule has 1 saturated heterocycles. The normalized spacial score (nSPS) is 23.7. The topological polar surface area (TPSA) is 48.7 Å². The lowest BCUT2D eigenvalue weighted by atomic mass is 9.92. The van der Waals surface area contributed by atoms with Crippen LogP contribution < -0.4 is 0 Å². The van der Waals surface area contributed by atoms with Gasteiger partial charge in [0.15, 0.2) is 0 Å². The second-order valence-corrected chi connectivity index (χ2v) is 9.16. The molecule has 3 aromatic rings. The molecule has 1 fully saturated rings. The fourth-order valence-electron chi connectivity index (χ4n) is 5.84. The predicted octanol–water partition coefficient (Wildman–Crippen LogP) is 4.03. The number of nitrogens with zero attached hydrogens (tertiary/aromatic N) is 3. The number of carboxylic acid groups (broad SMARTS) is 1. The van der Waals surface area contributed by atoms with Crippen molar-refractivity contribution in [2.75, 3.05) is 27.2 Å². The Kier molecular flexibility index (Phi) is 4.87. The Balaban J connectivity index is 1.55. The van der Waals surface area contributed by atoms with Crippen LogP contribution in [0, 0.1) is 5.82 Å². The molecule has 0 amide bonds. The number of likely N-dealkylation sites (N-methyl/N-ethyl adjacent to an activating group) is 1. The van der Waals surface area contributed by atoms with Gasteiger partial charge in [-0.3, -0.25) is 4.90 Å². The minimum Gasteiger partial charge on any atom is -0.478 e. The molecule has 1 aliphatic carbocycles. The van der Waals surface area contributed by atoms with Gasteiger partial charge >= 0.3 is 5.97 Å². The van der Waals surface area contributed by atoms with Crippen molar-refractivity contribution >= 4 is 16.9 Å². The number of carboxylic acids is 1. The van der Waals surface area contributed by atoms with E-state index in [9.17, 15) is 14.3 Å². The maximum atomic E-state index is 14.7. The van der Waals surface area contributed by atoms with E-state index < -0.39 is 5.97 Å². The van der Waals surface area contributed by atoms with Gasteiger partial charge in [0.05, 0.1) is 11.1 Å². The molecule has 0 spiro atoms. The monoisotopic (exact) mass is 421 g/mol. The molecule has 31 heavy (non-hydrogen) atoms. The van der Waals surface area contributed by atoms with Gasteiger partial charge in [0, 0.05) is 55.3 Å². The number of halogens is 1. The van der Waals surface area contributed by atoms with Crippen molar-refractivity contribution in [2.24, 2.45) is 7.05 Å². The molecule has 0 radical (unpaired) electrons. The number of aromatic carboxylic acids is 1. The number of aryl methyl sites for hydroxylation is 2. The smallest absolute Gasteiger partial charge is 0.337 e. The molecule has 6 heteroatoms. The van der Waals surface area contributed by atoms with Crippen LogP contribution in [0.1, 0.15) is 45.4 Å². The molecular formula is C25H28FN3O2. The molecule has 1 N–H and O–H groups in total. The number of likely N-dealkylation sites (tertiary alicyclic amines) is 1. The summed E-state index contributed by atoms with van der Waals surface area (Å²) in [5.74, 6) is -0.784. The molecular weight excluding hydrogens is 393 g/mol. The zero-order valence-corrected chi connectivity index (χ0v) is 18.2. The van der Waals surface area contributed by atoms with Crippen molar-refractivity contribution in [3.63, 3.8) is 0 Å². The molecule has 1 aromatic heterocycles. The third-order valence-electron chi connectivity index (χ3n) is 7.25. The van der Waals surface area contributed by atoms with Gasteiger partial charge in [-0.05, 0) is 50.2 Å². The van der Waals surface area contributed by atoms with Gasteiger partial charge in [-0.25, -0.2) is 9.18 Å². The summed E-state index contributed by atoms with van der Waals surface area (Å²) in [6, 6.07) is 11.3. The predicted molar refractivity (Wildman–Crippen MR) is 119 cm³/mol. The number of para-hydroxylation sites is 1. The molecule has 5 nitrogen and oxygen atoms in total. The Morgan fingerprint density at radius 1 is 1.16 bits per heavy atom. The zero-order chi connectivity index (χ0) is 21.9. The maximum Gasteiger partial charge on any atom is 0.337 e. The summed E-state index contributed by atoms with van der Waals surface area (Å²) >= 11 is 0. The standard InChI is InChI=1S/C25H28FN3O2/c1-27(2)22-14-29(21-11-10-15-6-4-9-20(26)23(15)21)13-19(22)18-12-28(3)24-16(18)7-5-8-17(24)25(30)31/h4-9,12,19,21-22H,10-11,13-14H2,1-3H3,(H,30,31)/t19-,21?,22+/m0/s1. The number of hydrogen-bond acceptors (Lipinski definition) is 3. The van der Waals surface area contributed by atoms with Crippen LogP contribution in [0.15, 0.2) is 42.6 Å². The van der Waals surface area contributed by atoms with E-state index in [4.69, 9.17) is 0 Å². The first-order chi connectivity index (χ1) is 14.9. The molecule has 0 saturated carbocycles. The fourth-order valence-corrected chi connectivity index (χ4v) is 5.84. The first-order valence-electron chi connectivity index (χ1n) is 10.9. The quantitative estimate of drug-likeness (QED) is 0.691.